The molecule has 5 nitrogen and oxygen atoms in total. The molecule has 0 saturated carbocycles. The Hall–Kier alpha value is -1.50. The second kappa shape index (κ2) is 8.58. The topological polar surface area (TPSA) is 67.8 Å². The second-order valence-corrected chi connectivity index (χ2v) is 3.80. The lowest BCUT2D eigenvalue weighted by Crippen LogP contribution is -2.32. The summed E-state index contributed by atoms with van der Waals surface area (Å²) in [6, 6.07) is 4.96. The molecule has 0 aliphatic heterocycles. The van der Waals surface area contributed by atoms with Gasteiger partial charge in [-0.3, -0.25) is 5.32 Å². The fraction of sp³-hybridized carbons (Fsp3) is 0.462. The van der Waals surface area contributed by atoms with Gasteiger partial charge < -0.3 is 14.6 Å². The van der Waals surface area contributed by atoms with Gasteiger partial charge in [0.1, 0.15) is 11.9 Å². The van der Waals surface area contributed by atoms with E-state index >= 15 is 0 Å². The van der Waals surface area contributed by atoms with E-state index in [0.29, 0.717) is 18.7 Å². The third-order valence-electron chi connectivity index (χ3n) is 2.47. The lowest BCUT2D eigenvalue weighted by molar-refractivity contribution is -0.143. The molecule has 0 spiro atoms. The van der Waals surface area contributed by atoms with E-state index in [4.69, 9.17) is 14.6 Å². The highest BCUT2D eigenvalue weighted by atomic mass is 19.1. The first kappa shape index (κ1) is 15.6. The zero-order valence-electron chi connectivity index (χ0n) is 10.8. The number of ether oxygens (including phenoxy) is 2. The summed E-state index contributed by atoms with van der Waals surface area (Å²) in [6.45, 7) is 0.978. The number of halogens is 1. The smallest absolute Gasteiger partial charge is 0.327 e. The molecule has 0 aromatic heterocycles. The van der Waals surface area contributed by atoms with Gasteiger partial charge >= 0.3 is 5.97 Å². The van der Waals surface area contributed by atoms with Crippen LogP contribution in [0.3, 0.4) is 0 Å². The molecule has 1 atom stereocenters. The monoisotopic (exact) mass is 271 g/mol. The van der Waals surface area contributed by atoms with Crippen LogP contribution in [0.4, 0.5) is 4.39 Å². The minimum absolute atomic E-state index is 0.0433. The van der Waals surface area contributed by atoms with Crippen LogP contribution in [0.25, 0.3) is 0 Å². The quantitative estimate of drug-likeness (QED) is 0.536. The van der Waals surface area contributed by atoms with Gasteiger partial charge in [0.2, 0.25) is 0 Å². The van der Waals surface area contributed by atoms with E-state index in [1.54, 1.807) is 0 Å². The number of carbonyl (C=O) groups is 1. The third-order valence-corrected chi connectivity index (χ3v) is 2.47. The summed E-state index contributed by atoms with van der Waals surface area (Å²) >= 11 is 0. The van der Waals surface area contributed by atoms with Gasteiger partial charge in [0.15, 0.2) is 0 Å². The van der Waals surface area contributed by atoms with Crippen molar-refractivity contribution in [2.24, 2.45) is 0 Å². The first-order valence-electron chi connectivity index (χ1n) is 5.94. The van der Waals surface area contributed by atoms with Crippen LogP contribution >= 0.6 is 0 Å². The molecule has 19 heavy (non-hydrogen) atoms. The van der Waals surface area contributed by atoms with Crippen molar-refractivity contribution in [3.63, 3.8) is 0 Å². The molecule has 0 fully saturated rings. The van der Waals surface area contributed by atoms with Gasteiger partial charge in [-0.05, 0) is 17.7 Å². The van der Waals surface area contributed by atoms with Crippen LogP contribution in [0.2, 0.25) is 0 Å². The maximum Gasteiger partial charge on any atom is 0.327 e. The Morgan fingerprint density at radius 3 is 2.63 bits per heavy atom. The van der Waals surface area contributed by atoms with Crippen LogP contribution in [-0.4, -0.2) is 44.6 Å². The summed E-state index contributed by atoms with van der Waals surface area (Å²) in [7, 11) is 1.29. The summed E-state index contributed by atoms with van der Waals surface area (Å²) < 4.78 is 22.6. The Bertz CT molecular complexity index is 383. The minimum atomic E-state index is -0.664. The highest BCUT2D eigenvalue weighted by Crippen LogP contribution is 2.14. The van der Waals surface area contributed by atoms with Crippen LogP contribution in [0.5, 0.6) is 0 Å². The van der Waals surface area contributed by atoms with E-state index in [1.165, 1.54) is 31.4 Å². The Morgan fingerprint density at radius 2 is 2.05 bits per heavy atom. The van der Waals surface area contributed by atoms with Crippen molar-refractivity contribution in [2.75, 3.05) is 33.5 Å². The van der Waals surface area contributed by atoms with Crippen molar-refractivity contribution in [1.29, 1.82) is 0 Å². The lowest BCUT2D eigenvalue weighted by Gasteiger charge is -2.16. The maximum absolute atomic E-state index is 12.8. The lowest BCUT2D eigenvalue weighted by atomic mass is 10.1. The van der Waals surface area contributed by atoms with Crippen molar-refractivity contribution in [2.45, 2.75) is 6.04 Å². The Kier molecular flexibility index (Phi) is 7.02. The number of hydrogen-bond donors (Lipinski definition) is 2. The number of benzene rings is 1. The molecule has 6 heteroatoms. The first-order chi connectivity index (χ1) is 9.19. The molecule has 0 radical (unpaired) electrons. The number of methoxy groups -OCH3 is 1. The maximum atomic E-state index is 12.8. The van der Waals surface area contributed by atoms with E-state index in [1.807, 2.05) is 0 Å². The van der Waals surface area contributed by atoms with Crippen molar-refractivity contribution < 1.29 is 23.8 Å². The average Bonchev–Trinajstić information content (AvgIpc) is 2.43. The number of aliphatic hydroxyl groups is 1. The molecule has 0 aliphatic rings. The van der Waals surface area contributed by atoms with Gasteiger partial charge in [0, 0.05) is 6.54 Å². The molecule has 1 rings (SSSR count). The van der Waals surface area contributed by atoms with Gasteiger partial charge in [-0.2, -0.15) is 0 Å². The predicted octanol–water partition coefficient (Wildman–Crippen LogP) is 0.638. The molecular weight excluding hydrogens is 253 g/mol. The number of carbonyl (C=O) groups excluding carboxylic acids is 1. The van der Waals surface area contributed by atoms with E-state index < -0.39 is 12.0 Å². The van der Waals surface area contributed by atoms with Crippen molar-refractivity contribution in [1.82, 2.24) is 5.32 Å². The Morgan fingerprint density at radius 1 is 1.37 bits per heavy atom. The molecule has 0 aliphatic carbocycles. The summed E-state index contributed by atoms with van der Waals surface area (Å²) in [6.07, 6.45) is 0. The summed E-state index contributed by atoms with van der Waals surface area (Å²) in [5.74, 6) is -0.813. The van der Waals surface area contributed by atoms with Gasteiger partial charge in [-0.1, -0.05) is 12.1 Å². The summed E-state index contributed by atoms with van der Waals surface area (Å²) in [4.78, 5) is 11.7. The fourth-order valence-electron chi connectivity index (χ4n) is 1.55. The highest BCUT2D eigenvalue weighted by molar-refractivity contribution is 5.77. The fourth-order valence-corrected chi connectivity index (χ4v) is 1.55. The molecular formula is C13H18FNO4. The molecule has 0 bridgehead atoms. The summed E-state index contributed by atoms with van der Waals surface area (Å²) in [5.41, 5.74) is 0.621. The highest BCUT2D eigenvalue weighted by Gasteiger charge is 2.20. The van der Waals surface area contributed by atoms with Crippen molar-refractivity contribution in [3.05, 3.63) is 35.6 Å². The van der Waals surface area contributed by atoms with E-state index in [0.717, 1.165) is 0 Å². The molecule has 0 saturated heterocycles. The van der Waals surface area contributed by atoms with Crippen LogP contribution in [-0.2, 0) is 14.3 Å². The number of rotatable bonds is 8. The SMILES string of the molecule is COC(=O)C(NCCOCCO)c1ccc(F)cc1. The zero-order chi connectivity index (χ0) is 14.1. The molecule has 106 valence electrons. The van der Waals surface area contributed by atoms with Gasteiger partial charge in [-0.15, -0.1) is 0 Å². The zero-order valence-corrected chi connectivity index (χ0v) is 10.8. The van der Waals surface area contributed by atoms with E-state index in [9.17, 15) is 9.18 Å². The van der Waals surface area contributed by atoms with Crippen LogP contribution in [0.15, 0.2) is 24.3 Å². The molecule has 1 aromatic carbocycles. The number of esters is 1. The van der Waals surface area contributed by atoms with E-state index in [2.05, 4.69) is 5.32 Å². The van der Waals surface area contributed by atoms with E-state index in [-0.39, 0.29) is 19.0 Å². The minimum Gasteiger partial charge on any atom is -0.468 e. The first-order valence-corrected chi connectivity index (χ1v) is 5.94. The third kappa shape index (κ3) is 5.34. The second-order valence-electron chi connectivity index (χ2n) is 3.80. The van der Waals surface area contributed by atoms with Crippen molar-refractivity contribution in [3.8, 4) is 0 Å². The number of nitrogens with one attached hydrogen (secondary N) is 1. The van der Waals surface area contributed by atoms with Crippen molar-refractivity contribution >= 4 is 5.97 Å². The largest absolute Gasteiger partial charge is 0.468 e. The standard InChI is InChI=1S/C13H18FNO4/c1-18-13(17)12(15-6-8-19-9-7-16)10-2-4-11(14)5-3-10/h2-5,12,15-16H,6-9H2,1H3. The molecule has 0 heterocycles. The number of aliphatic hydroxyl groups excluding tert-OH is 1. The Balaban J connectivity index is 2.57. The van der Waals surface area contributed by atoms with Crippen LogP contribution < -0.4 is 5.32 Å². The van der Waals surface area contributed by atoms with Crippen LogP contribution in [0, 0.1) is 5.82 Å². The Labute approximate surface area is 111 Å². The normalized spacial score (nSPS) is 12.2. The van der Waals surface area contributed by atoms with Gasteiger partial charge in [0.25, 0.3) is 0 Å². The molecule has 1 aromatic rings. The average molecular weight is 271 g/mol. The molecule has 2 N–H and O–H groups in total. The number of hydrogen-bond acceptors (Lipinski definition) is 5. The molecule has 1 unspecified atom stereocenters. The van der Waals surface area contributed by atoms with Gasteiger partial charge in [-0.25, -0.2) is 9.18 Å². The van der Waals surface area contributed by atoms with Gasteiger partial charge in [0.05, 0.1) is 26.9 Å². The summed E-state index contributed by atoms with van der Waals surface area (Å²) in [5, 5.41) is 11.5. The molecule has 0 amide bonds. The van der Waals surface area contributed by atoms with Crippen LogP contribution in [0.1, 0.15) is 11.6 Å². The predicted molar refractivity (Wildman–Crippen MR) is 67.1 cm³/mol.